The average molecular weight is 275 g/mol. The third-order valence-electron chi connectivity index (χ3n) is 2.20. The Morgan fingerprint density at radius 2 is 1.94 bits per heavy atom. The van der Waals surface area contributed by atoms with Gasteiger partial charge >= 0.3 is 0 Å². The number of amides is 1. The van der Waals surface area contributed by atoms with E-state index in [1.165, 1.54) is 0 Å². The monoisotopic (exact) mass is 274 g/mol. The number of rotatable bonds is 6. The molecule has 0 radical (unpaired) electrons. The summed E-state index contributed by atoms with van der Waals surface area (Å²) in [5.74, 6) is -0.137. The molecule has 0 aromatic heterocycles. The summed E-state index contributed by atoms with van der Waals surface area (Å²) in [7, 11) is 0. The van der Waals surface area contributed by atoms with Crippen molar-refractivity contribution in [2.45, 2.75) is 13.3 Å². The molecule has 17 heavy (non-hydrogen) atoms. The predicted octanol–water partition coefficient (Wildman–Crippen LogP) is 2.72. The molecule has 0 aliphatic heterocycles. The van der Waals surface area contributed by atoms with E-state index in [0.29, 0.717) is 22.2 Å². The Balaban J connectivity index is 2.39. The summed E-state index contributed by atoms with van der Waals surface area (Å²) in [6.07, 6.45) is 1.08. The largest absolute Gasteiger partial charge is 0.351 e. The normalized spacial score (nSPS) is 10.3. The van der Waals surface area contributed by atoms with E-state index in [0.717, 1.165) is 19.5 Å². The lowest BCUT2D eigenvalue weighted by Gasteiger charge is -2.06. The van der Waals surface area contributed by atoms with Gasteiger partial charge in [-0.05, 0) is 31.2 Å². The van der Waals surface area contributed by atoms with Crippen LogP contribution in [0.1, 0.15) is 23.7 Å². The summed E-state index contributed by atoms with van der Waals surface area (Å²) in [4.78, 5) is 11.7. The van der Waals surface area contributed by atoms with Gasteiger partial charge < -0.3 is 10.6 Å². The fourth-order valence-electron chi connectivity index (χ4n) is 1.31. The van der Waals surface area contributed by atoms with Gasteiger partial charge in [0.25, 0.3) is 5.91 Å². The van der Waals surface area contributed by atoms with Crippen LogP contribution in [0.2, 0.25) is 10.0 Å². The van der Waals surface area contributed by atoms with Gasteiger partial charge in [0.2, 0.25) is 0 Å². The lowest BCUT2D eigenvalue weighted by atomic mass is 10.2. The Bertz CT molecular complexity index is 383. The lowest BCUT2D eigenvalue weighted by Crippen LogP contribution is -2.32. The maximum atomic E-state index is 11.7. The van der Waals surface area contributed by atoms with Crippen molar-refractivity contribution < 1.29 is 4.79 Å². The number of nitrogens with one attached hydrogen (secondary N) is 2. The van der Waals surface area contributed by atoms with Crippen LogP contribution in [0.4, 0.5) is 0 Å². The fourth-order valence-corrected chi connectivity index (χ4v) is 1.60. The smallest absolute Gasteiger partial charge is 0.251 e. The minimum Gasteiger partial charge on any atom is -0.351 e. The zero-order valence-corrected chi connectivity index (χ0v) is 11.2. The van der Waals surface area contributed by atoms with Gasteiger partial charge in [0.05, 0.1) is 10.0 Å². The standard InChI is InChI=1S/C12H16Cl2N2O/c1-2-5-15-6-7-16-12(17)9-3-4-10(13)11(14)8-9/h3-4,8,15H,2,5-7H2,1H3,(H,16,17). The van der Waals surface area contributed by atoms with Crippen molar-refractivity contribution in [3.05, 3.63) is 33.8 Å². The third kappa shape index (κ3) is 4.94. The first kappa shape index (κ1) is 14.3. The quantitative estimate of drug-likeness (QED) is 0.784. The molecular formula is C12H16Cl2N2O. The third-order valence-corrected chi connectivity index (χ3v) is 2.93. The molecule has 0 saturated heterocycles. The summed E-state index contributed by atoms with van der Waals surface area (Å²) in [5, 5.41) is 6.85. The molecule has 0 spiro atoms. The second-order valence-corrected chi connectivity index (χ2v) is 4.45. The van der Waals surface area contributed by atoms with Crippen molar-refractivity contribution in [2.24, 2.45) is 0 Å². The second kappa shape index (κ2) is 7.54. The van der Waals surface area contributed by atoms with Crippen LogP contribution in [0, 0.1) is 0 Å². The molecule has 1 aromatic carbocycles. The van der Waals surface area contributed by atoms with Crippen LogP contribution in [0.3, 0.4) is 0 Å². The molecule has 0 aliphatic carbocycles. The van der Waals surface area contributed by atoms with Gasteiger partial charge in [0.15, 0.2) is 0 Å². The van der Waals surface area contributed by atoms with E-state index >= 15 is 0 Å². The number of halogens is 2. The number of hydrogen-bond donors (Lipinski definition) is 2. The molecule has 0 atom stereocenters. The highest BCUT2D eigenvalue weighted by Gasteiger charge is 2.06. The van der Waals surface area contributed by atoms with Crippen molar-refractivity contribution in [1.82, 2.24) is 10.6 Å². The van der Waals surface area contributed by atoms with Crippen LogP contribution >= 0.6 is 23.2 Å². The molecule has 1 aromatic rings. The highest BCUT2D eigenvalue weighted by Crippen LogP contribution is 2.22. The van der Waals surface area contributed by atoms with E-state index in [1.807, 2.05) is 0 Å². The molecule has 0 aliphatic rings. The van der Waals surface area contributed by atoms with Gasteiger partial charge in [0, 0.05) is 18.7 Å². The van der Waals surface area contributed by atoms with Crippen LogP contribution in [0.5, 0.6) is 0 Å². The molecule has 2 N–H and O–H groups in total. The van der Waals surface area contributed by atoms with Crippen molar-refractivity contribution in [3.8, 4) is 0 Å². The summed E-state index contributed by atoms with van der Waals surface area (Å²) >= 11 is 11.6. The van der Waals surface area contributed by atoms with Gasteiger partial charge in [-0.2, -0.15) is 0 Å². The molecule has 0 fully saturated rings. The Labute approximate surface area is 111 Å². The minimum absolute atomic E-state index is 0.137. The van der Waals surface area contributed by atoms with Crippen LogP contribution in [0.15, 0.2) is 18.2 Å². The van der Waals surface area contributed by atoms with E-state index < -0.39 is 0 Å². The summed E-state index contributed by atoms with van der Waals surface area (Å²) in [6, 6.07) is 4.84. The SMILES string of the molecule is CCCNCCNC(=O)c1ccc(Cl)c(Cl)c1. The van der Waals surface area contributed by atoms with Crippen LogP contribution in [-0.4, -0.2) is 25.5 Å². The van der Waals surface area contributed by atoms with Crippen molar-refractivity contribution in [1.29, 1.82) is 0 Å². The highest BCUT2D eigenvalue weighted by atomic mass is 35.5. The van der Waals surface area contributed by atoms with Crippen LogP contribution < -0.4 is 10.6 Å². The first-order chi connectivity index (χ1) is 8.15. The number of carbonyl (C=O) groups excluding carboxylic acids is 1. The summed E-state index contributed by atoms with van der Waals surface area (Å²) < 4.78 is 0. The zero-order valence-electron chi connectivity index (χ0n) is 9.72. The molecular weight excluding hydrogens is 259 g/mol. The molecule has 3 nitrogen and oxygen atoms in total. The average Bonchev–Trinajstić information content (AvgIpc) is 2.32. The van der Waals surface area contributed by atoms with Gasteiger partial charge in [-0.25, -0.2) is 0 Å². The van der Waals surface area contributed by atoms with Crippen LogP contribution in [0.25, 0.3) is 0 Å². The van der Waals surface area contributed by atoms with Gasteiger partial charge in [0.1, 0.15) is 0 Å². The van der Waals surface area contributed by atoms with Crippen molar-refractivity contribution >= 4 is 29.1 Å². The fraction of sp³-hybridized carbons (Fsp3) is 0.417. The van der Waals surface area contributed by atoms with Gasteiger partial charge in [-0.1, -0.05) is 30.1 Å². The van der Waals surface area contributed by atoms with E-state index in [4.69, 9.17) is 23.2 Å². The highest BCUT2D eigenvalue weighted by molar-refractivity contribution is 6.42. The first-order valence-electron chi connectivity index (χ1n) is 5.59. The molecule has 0 heterocycles. The zero-order chi connectivity index (χ0) is 12.7. The Morgan fingerprint density at radius 1 is 1.18 bits per heavy atom. The van der Waals surface area contributed by atoms with E-state index in [-0.39, 0.29) is 5.91 Å². The van der Waals surface area contributed by atoms with Crippen LogP contribution in [-0.2, 0) is 0 Å². The Kier molecular flexibility index (Phi) is 6.34. The molecule has 1 amide bonds. The first-order valence-corrected chi connectivity index (χ1v) is 6.34. The minimum atomic E-state index is -0.137. The number of benzene rings is 1. The Hall–Kier alpha value is -0.770. The van der Waals surface area contributed by atoms with E-state index in [1.54, 1.807) is 18.2 Å². The molecule has 94 valence electrons. The maximum absolute atomic E-state index is 11.7. The lowest BCUT2D eigenvalue weighted by molar-refractivity contribution is 0.0954. The number of carbonyl (C=O) groups is 1. The van der Waals surface area contributed by atoms with Crippen molar-refractivity contribution in [3.63, 3.8) is 0 Å². The maximum Gasteiger partial charge on any atom is 0.251 e. The van der Waals surface area contributed by atoms with Crippen molar-refractivity contribution in [2.75, 3.05) is 19.6 Å². The van der Waals surface area contributed by atoms with Gasteiger partial charge in [-0.15, -0.1) is 0 Å². The van der Waals surface area contributed by atoms with E-state index in [9.17, 15) is 4.79 Å². The second-order valence-electron chi connectivity index (χ2n) is 3.63. The van der Waals surface area contributed by atoms with E-state index in [2.05, 4.69) is 17.6 Å². The molecule has 0 saturated carbocycles. The predicted molar refractivity (Wildman–Crippen MR) is 72.0 cm³/mol. The molecule has 0 bridgehead atoms. The van der Waals surface area contributed by atoms with Gasteiger partial charge in [-0.3, -0.25) is 4.79 Å². The molecule has 1 rings (SSSR count). The summed E-state index contributed by atoms with van der Waals surface area (Å²) in [6.45, 7) is 4.42. The summed E-state index contributed by atoms with van der Waals surface area (Å²) in [5.41, 5.74) is 0.523. The Morgan fingerprint density at radius 3 is 2.59 bits per heavy atom. The number of hydrogen-bond acceptors (Lipinski definition) is 2. The molecule has 5 heteroatoms. The molecule has 0 unspecified atom stereocenters. The topological polar surface area (TPSA) is 41.1 Å².